The van der Waals surface area contributed by atoms with Crippen LogP contribution in [0.25, 0.3) is 10.9 Å². The van der Waals surface area contributed by atoms with Gasteiger partial charge in [0.25, 0.3) is 0 Å². The SMILES string of the molecule is CC.CC(=O)C(Cc1c[nH]c2ccccc12)NC(=O)CNC(=O)C(CCCN=C(N)N)NC(=O)C(N)CCCN=C(N)N. The molecule has 0 saturated heterocycles. The average Bonchev–Trinajstić information content (AvgIpc) is 3.38. The Morgan fingerprint density at radius 1 is 0.860 bits per heavy atom. The first kappa shape index (κ1) is 36.4. The quantitative estimate of drug-likeness (QED) is 0.0600. The minimum Gasteiger partial charge on any atom is -0.370 e. The maximum Gasteiger partial charge on any atom is 0.243 e. The molecule has 3 atom stereocenters. The van der Waals surface area contributed by atoms with Crippen LogP contribution in [0.5, 0.6) is 0 Å². The molecule has 0 spiro atoms. The highest BCUT2D eigenvalue weighted by atomic mass is 16.2. The number of carbonyl (C=O) groups excluding carboxylic acids is 4. The summed E-state index contributed by atoms with van der Waals surface area (Å²) in [5.74, 6) is -2.08. The Morgan fingerprint density at radius 3 is 2.07 bits per heavy atom. The van der Waals surface area contributed by atoms with Gasteiger partial charge in [0.2, 0.25) is 17.7 Å². The molecule has 43 heavy (non-hydrogen) atoms. The number of carbonyl (C=O) groups is 4. The summed E-state index contributed by atoms with van der Waals surface area (Å²) in [5, 5.41) is 8.77. The van der Waals surface area contributed by atoms with Gasteiger partial charge < -0.3 is 49.6 Å². The van der Waals surface area contributed by atoms with E-state index in [-0.39, 0.29) is 43.5 Å². The van der Waals surface area contributed by atoms with Crippen molar-refractivity contribution in [3.63, 3.8) is 0 Å². The number of aromatic amines is 1. The van der Waals surface area contributed by atoms with E-state index in [1.165, 1.54) is 6.92 Å². The number of nitrogens with one attached hydrogen (secondary N) is 4. The molecule has 0 radical (unpaired) electrons. The van der Waals surface area contributed by atoms with Crippen molar-refractivity contribution >= 4 is 46.3 Å². The monoisotopic (exact) mass is 601 g/mol. The summed E-state index contributed by atoms with van der Waals surface area (Å²) >= 11 is 0. The number of rotatable bonds is 17. The number of aliphatic imine (C=N–C) groups is 2. The molecule has 0 fully saturated rings. The zero-order valence-corrected chi connectivity index (χ0v) is 25.2. The molecule has 0 saturated carbocycles. The van der Waals surface area contributed by atoms with Gasteiger partial charge in [0.1, 0.15) is 6.04 Å². The van der Waals surface area contributed by atoms with Crippen LogP contribution >= 0.6 is 0 Å². The van der Waals surface area contributed by atoms with E-state index >= 15 is 0 Å². The maximum atomic E-state index is 12.9. The molecule has 1 heterocycles. The number of amides is 3. The summed E-state index contributed by atoms with van der Waals surface area (Å²) in [7, 11) is 0. The molecule has 1 aromatic heterocycles. The van der Waals surface area contributed by atoms with Crippen molar-refractivity contribution in [2.45, 2.75) is 71.0 Å². The van der Waals surface area contributed by atoms with Gasteiger partial charge in [-0.05, 0) is 44.2 Å². The standard InChI is InChI=1S/C26H41N11O4.C2H6/c1-15(38)21(12-16-13-34-19-8-3-2-6-17(16)19)36-22(39)14-35-24(41)20(9-5-11-33-26(30)31)37-23(40)18(27)7-4-10-32-25(28)29;1-2/h2-3,6,8,13,18,20-21,34H,4-5,7,9-12,14,27H2,1H3,(H,35,41)(H,36,39)(H,37,40)(H4,28,29,32)(H4,30,31,33);1-2H3. The second kappa shape index (κ2) is 19.5. The number of nitrogens with zero attached hydrogens (tertiary/aromatic N) is 2. The number of aromatic nitrogens is 1. The molecule has 0 aliphatic rings. The van der Waals surface area contributed by atoms with Crippen molar-refractivity contribution in [3.8, 4) is 0 Å². The highest BCUT2D eigenvalue weighted by Crippen LogP contribution is 2.19. The maximum absolute atomic E-state index is 12.9. The fourth-order valence-electron chi connectivity index (χ4n) is 4.05. The van der Waals surface area contributed by atoms with Crippen molar-refractivity contribution in [1.82, 2.24) is 20.9 Å². The third kappa shape index (κ3) is 13.7. The first-order chi connectivity index (χ1) is 20.5. The fourth-order valence-corrected chi connectivity index (χ4v) is 4.05. The van der Waals surface area contributed by atoms with Crippen LogP contribution in [0.2, 0.25) is 0 Å². The summed E-state index contributed by atoms with van der Waals surface area (Å²) in [6.45, 7) is 5.53. The zero-order chi connectivity index (χ0) is 32.4. The molecule has 0 aliphatic carbocycles. The summed E-state index contributed by atoms with van der Waals surface area (Å²) in [6.07, 6.45) is 3.39. The summed E-state index contributed by atoms with van der Waals surface area (Å²) in [6, 6.07) is 4.95. The molecule has 15 heteroatoms. The van der Waals surface area contributed by atoms with Crippen LogP contribution in [0.1, 0.15) is 52.0 Å². The Labute approximate surface area is 251 Å². The predicted molar refractivity (Wildman–Crippen MR) is 169 cm³/mol. The molecular weight excluding hydrogens is 554 g/mol. The Balaban J connectivity index is 0.00000452. The van der Waals surface area contributed by atoms with Crippen LogP contribution in [0.3, 0.4) is 0 Å². The lowest BCUT2D eigenvalue weighted by molar-refractivity contribution is -0.131. The number of Topliss-reactive ketones (excluding diaryl/α,β-unsaturated/α-hetero) is 1. The van der Waals surface area contributed by atoms with Gasteiger partial charge in [0.15, 0.2) is 17.7 Å². The van der Waals surface area contributed by atoms with Gasteiger partial charge in [-0.3, -0.25) is 29.2 Å². The largest absolute Gasteiger partial charge is 0.370 e. The van der Waals surface area contributed by atoms with Crippen LogP contribution < -0.4 is 44.6 Å². The lowest BCUT2D eigenvalue weighted by Gasteiger charge is -2.21. The van der Waals surface area contributed by atoms with Crippen LogP contribution in [-0.2, 0) is 25.6 Å². The second-order valence-electron chi connectivity index (χ2n) is 9.58. The number of hydrogen-bond donors (Lipinski definition) is 9. The number of fused-ring (bicyclic) bond motifs is 1. The first-order valence-electron chi connectivity index (χ1n) is 14.3. The Kier molecular flexibility index (Phi) is 16.5. The van der Waals surface area contributed by atoms with E-state index in [1.54, 1.807) is 6.20 Å². The van der Waals surface area contributed by atoms with Gasteiger partial charge in [0, 0.05) is 36.6 Å². The molecule has 0 bridgehead atoms. The molecule has 238 valence electrons. The van der Waals surface area contributed by atoms with Crippen molar-refractivity contribution < 1.29 is 19.2 Å². The van der Waals surface area contributed by atoms with E-state index in [2.05, 4.69) is 30.9 Å². The van der Waals surface area contributed by atoms with Crippen LogP contribution in [0.15, 0.2) is 40.4 Å². The molecule has 3 unspecified atom stereocenters. The number of nitrogens with two attached hydrogens (primary N) is 5. The summed E-state index contributed by atoms with van der Waals surface area (Å²) < 4.78 is 0. The molecular formula is C28H47N11O4. The molecule has 2 rings (SSSR count). The number of H-pyrrole nitrogens is 1. The van der Waals surface area contributed by atoms with Gasteiger partial charge in [0.05, 0.1) is 18.6 Å². The number of hydrogen-bond acceptors (Lipinski definition) is 7. The summed E-state index contributed by atoms with van der Waals surface area (Å²) in [5.41, 5.74) is 29.0. The minimum atomic E-state index is -0.997. The number of para-hydroxylation sites is 1. The third-order valence-corrected chi connectivity index (χ3v) is 6.23. The number of ketones is 1. The van der Waals surface area contributed by atoms with E-state index in [9.17, 15) is 19.2 Å². The highest BCUT2D eigenvalue weighted by Gasteiger charge is 2.25. The number of benzene rings is 1. The van der Waals surface area contributed by atoms with E-state index in [1.807, 2.05) is 38.1 Å². The van der Waals surface area contributed by atoms with Crippen molar-refractivity contribution in [3.05, 3.63) is 36.0 Å². The number of guanidine groups is 2. The third-order valence-electron chi connectivity index (χ3n) is 6.23. The zero-order valence-electron chi connectivity index (χ0n) is 25.2. The van der Waals surface area contributed by atoms with Crippen molar-refractivity contribution in [2.24, 2.45) is 38.7 Å². The second-order valence-corrected chi connectivity index (χ2v) is 9.58. The smallest absolute Gasteiger partial charge is 0.243 e. The molecule has 1 aromatic carbocycles. The van der Waals surface area contributed by atoms with E-state index in [4.69, 9.17) is 28.7 Å². The Morgan fingerprint density at radius 2 is 1.47 bits per heavy atom. The van der Waals surface area contributed by atoms with Crippen molar-refractivity contribution in [1.29, 1.82) is 0 Å². The molecule has 0 aliphatic heterocycles. The first-order valence-corrected chi connectivity index (χ1v) is 14.3. The van der Waals surface area contributed by atoms with E-state index in [0.717, 1.165) is 16.5 Å². The highest BCUT2D eigenvalue weighted by molar-refractivity contribution is 5.93. The lowest BCUT2D eigenvalue weighted by Crippen LogP contribution is -2.53. The molecule has 14 N–H and O–H groups in total. The van der Waals surface area contributed by atoms with Crippen LogP contribution in [0, 0.1) is 0 Å². The van der Waals surface area contributed by atoms with E-state index in [0.29, 0.717) is 19.4 Å². The van der Waals surface area contributed by atoms with Gasteiger partial charge in [-0.1, -0.05) is 32.0 Å². The lowest BCUT2D eigenvalue weighted by atomic mass is 10.0. The van der Waals surface area contributed by atoms with Gasteiger partial charge in [-0.25, -0.2) is 0 Å². The molecule has 15 nitrogen and oxygen atoms in total. The van der Waals surface area contributed by atoms with Crippen molar-refractivity contribution in [2.75, 3.05) is 19.6 Å². The topological polar surface area (TPSA) is 275 Å². The van der Waals surface area contributed by atoms with E-state index < -0.39 is 42.4 Å². The Bertz CT molecular complexity index is 1250. The van der Waals surface area contributed by atoms with Gasteiger partial charge in [-0.2, -0.15) is 0 Å². The summed E-state index contributed by atoms with van der Waals surface area (Å²) in [4.78, 5) is 61.4. The molecule has 3 amide bonds. The Hall–Kier alpha value is -4.66. The minimum absolute atomic E-state index is 0.0582. The average molecular weight is 602 g/mol. The van der Waals surface area contributed by atoms with Gasteiger partial charge >= 0.3 is 0 Å². The van der Waals surface area contributed by atoms with Crippen LogP contribution in [0.4, 0.5) is 0 Å². The molecule has 2 aromatic rings. The van der Waals surface area contributed by atoms with Gasteiger partial charge in [-0.15, -0.1) is 0 Å². The predicted octanol–water partition coefficient (Wildman–Crippen LogP) is -1.15. The van der Waals surface area contributed by atoms with Crippen LogP contribution in [-0.4, -0.2) is 78.2 Å². The fraction of sp³-hybridized carbons (Fsp3) is 0.500. The normalized spacial score (nSPS) is 12.5.